The van der Waals surface area contributed by atoms with Crippen molar-refractivity contribution in [3.63, 3.8) is 0 Å². The van der Waals surface area contributed by atoms with Crippen LogP contribution >= 0.6 is 0 Å². The SMILES string of the molecule is C[C@H](CCO)NC(=O)NC1CCCc2cc(OC(F)F)ccc21. The lowest BCUT2D eigenvalue weighted by atomic mass is 9.87. The molecule has 2 rings (SSSR count). The molecule has 128 valence electrons. The van der Waals surface area contributed by atoms with Crippen LogP contribution in [-0.2, 0) is 6.42 Å². The number of amides is 2. The van der Waals surface area contributed by atoms with Gasteiger partial charge in [0, 0.05) is 12.6 Å². The smallest absolute Gasteiger partial charge is 0.387 e. The third kappa shape index (κ3) is 5.06. The van der Waals surface area contributed by atoms with Crippen molar-refractivity contribution in [2.24, 2.45) is 0 Å². The van der Waals surface area contributed by atoms with E-state index in [1.807, 2.05) is 6.92 Å². The minimum atomic E-state index is -2.84. The van der Waals surface area contributed by atoms with Gasteiger partial charge in [0.25, 0.3) is 0 Å². The summed E-state index contributed by atoms with van der Waals surface area (Å²) in [6.07, 6.45) is 2.92. The van der Waals surface area contributed by atoms with Gasteiger partial charge in [-0.05, 0) is 55.9 Å². The monoisotopic (exact) mass is 328 g/mol. The van der Waals surface area contributed by atoms with Gasteiger partial charge < -0.3 is 20.5 Å². The minimum Gasteiger partial charge on any atom is -0.435 e. The fourth-order valence-electron chi connectivity index (χ4n) is 2.81. The van der Waals surface area contributed by atoms with E-state index < -0.39 is 6.61 Å². The molecule has 0 aliphatic heterocycles. The second-order valence-corrected chi connectivity index (χ2v) is 5.72. The van der Waals surface area contributed by atoms with Crippen LogP contribution < -0.4 is 15.4 Å². The number of fused-ring (bicyclic) bond motifs is 1. The summed E-state index contributed by atoms with van der Waals surface area (Å²) in [4.78, 5) is 12.0. The Kier molecular flexibility index (Phi) is 6.15. The van der Waals surface area contributed by atoms with Crippen molar-refractivity contribution < 1.29 is 23.4 Å². The van der Waals surface area contributed by atoms with Crippen molar-refractivity contribution in [3.8, 4) is 5.75 Å². The average Bonchev–Trinajstić information content (AvgIpc) is 2.46. The molecule has 0 saturated carbocycles. The molecule has 2 atom stereocenters. The van der Waals surface area contributed by atoms with Crippen molar-refractivity contribution in [1.82, 2.24) is 10.6 Å². The second kappa shape index (κ2) is 8.10. The van der Waals surface area contributed by atoms with E-state index in [0.717, 1.165) is 30.4 Å². The van der Waals surface area contributed by atoms with E-state index in [1.165, 1.54) is 6.07 Å². The number of ether oxygens (including phenoxy) is 1. The van der Waals surface area contributed by atoms with Gasteiger partial charge in [-0.3, -0.25) is 0 Å². The predicted molar refractivity (Wildman–Crippen MR) is 81.6 cm³/mol. The van der Waals surface area contributed by atoms with Crippen LogP contribution in [0.5, 0.6) is 5.75 Å². The number of aliphatic hydroxyl groups excluding tert-OH is 1. The highest BCUT2D eigenvalue weighted by Crippen LogP contribution is 2.32. The number of carbonyl (C=O) groups excluding carboxylic acids is 1. The molecular weight excluding hydrogens is 306 g/mol. The molecule has 7 heteroatoms. The third-order valence-corrected chi connectivity index (χ3v) is 3.90. The molecule has 1 aromatic rings. The fraction of sp³-hybridized carbons (Fsp3) is 0.562. The van der Waals surface area contributed by atoms with E-state index in [0.29, 0.717) is 6.42 Å². The largest absolute Gasteiger partial charge is 0.435 e. The first kappa shape index (κ1) is 17.5. The fourth-order valence-corrected chi connectivity index (χ4v) is 2.81. The van der Waals surface area contributed by atoms with Crippen LogP contribution in [0.3, 0.4) is 0 Å². The van der Waals surface area contributed by atoms with E-state index in [4.69, 9.17) is 5.11 Å². The lowest BCUT2D eigenvalue weighted by Crippen LogP contribution is -2.43. The van der Waals surface area contributed by atoms with Crippen molar-refractivity contribution >= 4 is 6.03 Å². The van der Waals surface area contributed by atoms with E-state index >= 15 is 0 Å². The van der Waals surface area contributed by atoms with Crippen molar-refractivity contribution in [2.45, 2.75) is 51.3 Å². The maximum Gasteiger partial charge on any atom is 0.387 e. The quantitative estimate of drug-likeness (QED) is 0.752. The summed E-state index contributed by atoms with van der Waals surface area (Å²) in [5.41, 5.74) is 1.85. The zero-order chi connectivity index (χ0) is 16.8. The Morgan fingerprint density at radius 1 is 1.48 bits per heavy atom. The molecule has 2 amide bonds. The first-order valence-electron chi connectivity index (χ1n) is 7.75. The first-order chi connectivity index (χ1) is 11.0. The molecule has 1 aliphatic rings. The molecule has 1 aliphatic carbocycles. The predicted octanol–water partition coefficient (Wildman–Crippen LogP) is 2.74. The number of rotatable bonds is 6. The Labute approximate surface area is 134 Å². The number of nitrogens with one attached hydrogen (secondary N) is 2. The Hall–Kier alpha value is -1.89. The molecule has 0 fully saturated rings. The highest BCUT2D eigenvalue weighted by Gasteiger charge is 2.23. The molecule has 1 aromatic carbocycles. The second-order valence-electron chi connectivity index (χ2n) is 5.72. The Balaban J connectivity index is 2.02. The highest BCUT2D eigenvalue weighted by molar-refractivity contribution is 5.74. The number of halogens is 2. The number of hydrogen-bond acceptors (Lipinski definition) is 3. The molecule has 5 nitrogen and oxygen atoms in total. The third-order valence-electron chi connectivity index (χ3n) is 3.90. The number of urea groups is 1. The topological polar surface area (TPSA) is 70.6 Å². The standard InChI is InChI=1S/C16H22F2N2O3/c1-10(7-8-21)19-16(22)20-14-4-2-3-11-9-12(23-15(17)18)5-6-13(11)14/h5-6,9-10,14-15,21H,2-4,7-8H2,1H3,(H2,19,20,22)/t10-,14?/m1/s1. The minimum absolute atomic E-state index is 0.0145. The summed E-state index contributed by atoms with van der Waals surface area (Å²) in [7, 11) is 0. The van der Waals surface area contributed by atoms with E-state index in [-0.39, 0.29) is 30.5 Å². The van der Waals surface area contributed by atoms with Crippen LogP contribution in [0, 0.1) is 0 Å². The number of aryl methyl sites for hydroxylation is 1. The molecular formula is C16H22F2N2O3. The summed E-state index contributed by atoms with van der Waals surface area (Å²) < 4.78 is 29.0. The number of aliphatic hydroxyl groups is 1. The van der Waals surface area contributed by atoms with Crippen LogP contribution in [-0.4, -0.2) is 30.4 Å². The summed E-state index contributed by atoms with van der Waals surface area (Å²) in [5.74, 6) is 0.139. The molecule has 0 radical (unpaired) electrons. The Bertz CT molecular complexity index is 540. The van der Waals surface area contributed by atoms with E-state index in [2.05, 4.69) is 15.4 Å². The zero-order valence-corrected chi connectivity index (χ0v) is 13.0. The van der Waals surface area contributed by atoms with Crippen LogP contribution in [0.25, 0.3) is 0 Å². The molecule has 1 unspecified atom stereocenters. The Morgan fingerprint density at radius 3 is 2.96 bits per heavy atom. The number of alkyl halides is 2. The lowest BCUT2D eigenvalue weighted by Gasteiger charge is -2.27. The van der Waals surface area contributed by atoms with Crippen LogP contribution in [0.1, 0.15) is 43.4 Å². The first-order valence-corrected chi connectivity index (χ1v) is 7.75. The molecule has 0 heterocycles. The molecule has 0 aromatic heterocycles. The molecule has 0 spiro atoms. The van der Waals surface area contributed by atoms with Crippen LogP contribution in [0.4, 0.5) is 13.6 Å². The maximum absolute atomic E-state index is 12.3. The van der Waals surface area contributed by atoms with Crippen LogP contribution in [0.15, 0.2) is 18.2 Å². The molecule has 0 saturated heterocycles. The number of carbonyl (C=O) groups is 1. The van der Waals surface area contributed by atoms with Gasteiger partial charge in [-0.15, -0.1) is 0 Å². The van der Waals surface area contributed by atoms with Crippen molar-refractivity contribution in [1.29, 1.82) is 0 Å². The van der Waals surface area contributed by atoms with E-state index in [9.17, 15) is 13.6 Å². The number of hydrogen-bond donors (Lipinski definition) is 3. The van der Waals surface area contributed by atoms with Crippen molar-refractivity contribution in [3.05, 3.63) is 29.3 Å². The van der Waals surface area contributed by atoms with Gasteiger partial charge in [0.2, 0.25) is 0 Å². The van der Waals surface area contributed by atoms with Gasteiger partial charge in [0.15, 0.2) is 0 Å². The van der Waals surface area contributed by atoms with Gasteiger partial charge in [-0.1, -0.05) is 6.07 Å². The van der Waals surface area contributed by atoms with Gasteiger partial charge in [-0.25, -0.2) is 4.79 Å². The zero-order valence-electron chi connectivity index (χ0n) is 13.0. The summed E-state index contributed by atoms with van der Waals surface area (Å²) in [6, 6.07) is 4.27. The molecule has 23 heavy (non-hydrogen) atoms. The lowest BCUT2D eigenvalue weighted by molar-refractivity contribution is -0.0499. The summed E-state index contributed by atoms with van der Waals surface area (Å²) in [6.45, 7) is -1.01. The normalized spacial score (nSPS) is 18.2. The highest BCUT2D eigenvalue weighted by atomic mass is 19.3. The average molecular weight is 328 g/mol. The molecule has 3 N–H and O–H groups in total. The van der Waals surface area contributed by atoms with Gasteiger partial charge >= 0.3 is 12.6 Å². The molecule has 0 bridgehead atoms. The summed E-state index contributed by atoms with van der Waals surface area (Å²) in [5, 5.41) is 14.5. The number of benzene rings is 1. The maximum atomic E-state index is 12.3. The Morgan fingerprint density at radius 2 is 2.26 bits per heavy atom. The van der Waals surface area contributed by atoms with Gasteiger partial charge in [0.05, 0.1) is 6.04 Å². The van der Waals surface area contributed by atoms with Crippen LogP contribution in [0.2, 0.25) is 0 Å². The van der Waals surface area contributed by atoms with Crippen molar-refractivity contribution in [2.75, 3.05) is 6.61 Å². The van der Waals surface area contributed by atoms with E-state index in [1.54, 1.807) is 12.1 Å². The van der Waals surface area contributed by atoms with Gasteiger partial charge in [-0.2, -0.15) is 8.78 Å². The van der Waals surface area contributed by atoms with Gasteiger partial charge in [0.1, 0.15) is 5.75 Å². The summed E-state index contributed by atoms with van der Waals surface area (Å²) >= 11 is 0.